The highest BCUT2D eigenvalue weighted by Crippen LogP contribution is 2.26. The smallest absolute Gasteiger partial charge is 0.0209 e. The number of rotatable bonds is 5. The van der Waals surface area contributed by atoms with E-state index in [1.807, 2.05) is 0 Å². The van der Waals surface area contributed by atoms with E-state index in [1.54, 1.807) is 0 Å². The standard InChI is InChI=1S/C14H28N2/c1-3-6-12(2)15-13-9-10-16(11-13)14-7-4-5-8-14/h12-15H,3-11H2,1-2H3. The largest absolute Gasteiger partial charge is 0.310 e. The normalized spacial score (nSPS) is 30.0. The van der Waals surface area contributed by atoms with Gasteiger partial charge in [0.25, 0.3) is 0 Å². The fraction of sp³-hybridized carbons (Fsp3) is 1.00. The second-order valence-corrected chi connectivity index (χ2v) is 5.78. The predicted molar refractivity (Wildman–Crippen MR) is 69.7 cm³/mol. The Morgan fingerprint density at radius 2 is 2.00 bits per heavy atom. The van der Waals surface area contributed by atoms with Gasteiger partial charge in [-0.3, -0.25) is 4.90 Å². The number of hydrogen-bond acceptors (Lipinski definition) is 2. The van der Waals surface area contributed by atoms with E-state index >= 15 is 0 Å². The van der Waals surface area contributed by atoms with Gasteiger partial charge < -0.3 is 5.32 Å². The van der Waals surface area contributed by atoms with Crippen molar-refractivity contribution in [2.75, 3.05) is 13.1 Å². The summed E-state index contributed by atoms with van der Waals surface area (Å²) in [7, 11) is 0. The van der Waals surface area contributed by atoms with Crippen LogP contribution in [0, 0.1) is 0 Å². The molecule has 2 rings (SSSR count). The highest BCUT2D eigenvalue weighted by Gasteiger charge is 2.29. The molecule has 94 valence electrons. The summed E-state index contributed by atoms with van der Waals surface area (Å²) in [5.74, 6) is 0. The van der Waals surface area contributed by atoms with Crippen molar-refractivity contribution in [3.63, 3.8) is 0 Å². The first kappa shape index (κ1) is 12.4. The lowest BCUT2D eigenvalue weighted by Gasteiger charge is -2.24. The van der Waals surface area contributed by atoms with Crippen LogP contribution in [0.2, 0.25) is 0 Å². The van der Waals surface area contributed by atoms with Crippen molar-refractivity contribution >= 4 is 0 Å². The summed E-state index contributed by atoms with van der Waals surface area (Å²) in [6.07, 6.45) is 9.82. The van der Waals surface area contributed by atoms with Gasteiger partial charge in [0, 0.05) is 31.2 Å². The van der Waals surface area contributed by atoms with E-state index in [0.717, 1.165) is 12.1 Å². The molecule has 1 saturated heterocycles. The second kappa shape index (κ2) is 6.02. The average molecular weight is 224 g/mol. The van der Waals surface area contributed by atoms with Crippen molar-refractivity contribution in [3.8, 4) is 0 Å². The molecule has 0 spiro atoms. The van der Waals surface area contributed by atoms with Crippen molar-refractivity contribution in [2.24, 2.45) is 0 Å². The number of hydrogen-bond donors (Lipinski definition) is 1. The number of nitrogens with one attached hydrogen (secondary N) is 1. The molecule has 0 aromatic rings. The molecule has 0 radical (unpaired) electrons. The maximum absolute atomic E-state index is 3.79. The molecular formula is C14H28N2. The zero-order chi connectivity index (χ0) is 11.4. The quantitative estimate of drug-likeness (QED) is 0.772. The summed E-state index contributed by atoms with van der Waals surface area (Å²) < 4.78 is 0. The Bertz CT molecular complexity index is 199. The van der Waals surface area contributed by atoms with Crippen molar-refractivity contribution in [1.29, 1.82) is 0 Å². The van der Waals surface area contributed by atoms with Crippen LogP contribution in [0.25, 0.3) is 0 Å². The first-order valence-corrected chi connectivity index (χ1v) is 7.29. The Balaban J connectivity index is 1.70. The third-order valence-corrected chi connectivity index (χ3v) is 4.30. The van der Waals surface area contributed by atoms with E-state index < -0.39 is 0 Å². The molecule has 0 aromatic carbocycles. The van der Waals surface area contributed by atoms with Crippen molar-refractivity contribution < 1.29 is 0 Å². The zero-order valence-corrected chi connectivity index (χ0v) is 11.0. The Hall–Kier alpha value is -0.0800. The van der Waals surface area contributed by atoms with Crippen LogP contribution in [0.15, 0.2) is 0 Å². The van der Waals surface area contributed by atoms with Gasteiger partial charge in [-0.05, 0) is 32.6 Å². The van der Waals surface area contributed by atoms with Gasteiger partial charge in [0.2, 0.25) is 0 Å². The van der Waals surface area contributed by atoms with Gasteiger partial charge >= 0.3 is 0 Å². The second-order valence-electron chi connectivity index (χ2n) is 5.78. The van der Waals surface area contributed by atoms with Gasteiger partial charge in [0.1, 0.15) is 0 Å². The van der Waals surface area contributed by atoms with Crippen LogP contribution >= 0.6 is 0 Å². The van der Waals surface area contributed by atoms with Gasteiger partial charge in [-0.1, -0.05) is 26.2 Å². The highest BCUT2D eigenvalue weighted by atomic mass is 15.2. The lowest BCUT2D eigenvalue weighted by molar-refractivity contribution is 0.238. The Morgan fingerprint density at radius 3 is 2.69 bits per heavy atom. The monoisotopic (exact) mass is 224 g/mol. The van der Waals surface area contributed by atoms with Crippen molar-refractivity contribution in [2.45, 2.75) is 76.9 Å². The summed E-state index contributed by atoms with van der Waals surface area (Å²) in [4.78, 5) is 2.74. The lowest BCUT2D eigenvalue weighted by Crippen LogP contribution is -2.40. The molecule has 2 nitrogen and oxygen atoms in total. The number of nitrogens with zero attached hydrogens (tertiary/aromatic N) is 1. The third-order valence-electron chi connectivity index (χ3n) is 4.30. The molecule has 1 saturated carbocycles. The summed E-state index contributed by atoms with van der Waals surface area (Å²) in [5.41, 5.74) is 0. The van der Waals surface area contributed by atoms with Gasteiger partial charge in [0.05, 0.1) is 0 Å². The fourth-order valence-electron chi connectivity index (χ4n) is 3.44. The minimum Gasteiger partial charge on any atom is -0.310 e. The molecule has 2 fully saturated rings. The van der Waals surface area contributed by atoms with E-state index in [1.165, 1.54) is 58.0 Å². The topological polar surface area (TPSA) is 15.3 Å². The molecule has 2 unspecified atom stereocenters. The average Bonchev–Trinajstić information content (AvgIpc) is 2.86. The van der Waals surface area contributed by atoms with E-state index in [0.29, 0.717) is 6.04 Å². The predicted octanol–water partition coefficient (Wildman–Crippen LogP) is 2.78. The van der Waals surface area contributed by atoms with Crippen LogP contribution in [0.5, 0.6) is 0 Å². The zero-order valence-electron chi connectivity index (χ0n) is 11.0. The molecule has 1 aliphatic carbocycles. The molecule has 2 atom stereocenters. The first-order valence-electron chi connectivity index (χ1n) is 7.29. The molecule has 0 bridgehead atoms. The molecule has 0 aromatic heterocycles. The maximum atomic E-state index is 3.79. The molecule has 1 aliphatic heterocycles. The van der Waals surface area contributed by atoms with Gasteiger partial charge in [0.15, 0.2) is 0 Å². The number of likely N-dealkylation sites (tertiary alicyclic amines) is 1. The Labute approximate surface area is 101 Å². The Morgan fingerprint density at radius 1 is 1.25 bits per heavy atom. The third kappa shape index (κ3) is 3.21. The SMILES string of the molecule is CCCC(C)NC1CCN(C2CCCC2)C1. The van der Waals surface area contributed by atoms with Crippen molar-refractivity contribution in [1.82, 2.24) is 10.2 Å². The first-order chi connectivity index (χ1) is 7.79. The molecule has 1 heterocycles. The molecule has 2 aliphatic rings. The van der Waals surface area contributed by atoms with Crippen LogP contribution in [0.3, 0.4) is 0 Å². The lowest BCUT2D eigenvalue weighted by atomic mass is 10.1. The minimum atomic E-state index is 0.707. The summed E-state index contributed by atoms with van der Waals surface area (Å²) >= 11 is 0. The molecule has 2 heteroatoms. The van der Waals surface area contributed by atoms with E-state index in [2.05, 4.69) is 24.1 Å². The summed E-state index contributed by atoms with van der Waals surface area (Å²) in [5, 5.41) is 3.79. The molecular weight excluding hydrogens is 196 g/mol. The van der Waals surface area contributed by atoms with Gasteiger partial charge in [-0.15, -0.1) is 0 Å². The van der Waals surface area contributed by atoms with E-state index in [-0.39, 0.29) is 0 Å². The van der Waals surface area contributed by atoms with Crippen LogP contribution in [-0.4, -0.2) is 36.1 Å². The minimum absolute atomic E-state index is 0.707. The van der Waals surface area contributed by atoms with Crippen LogP contribution in [0.4, 0.5) is 0 Å². The van der Waals surface area contributed by atoms with Crippen LogP contribution < -0.4 is 5.32 Å². The fourth-order valence-corrected chi connectivity index (χ4v) is 3.44. The van der Waals surface area contributed by atoms with Crippen LogP contribution in [-0.2, 0) is 0 Å². The van der Waals surface area contributed by atoms with Gasteiger partial charge in [-0.2, -0.15) is 0 Å². The van der Waals surface area contributed by atoms with Crippen molar-refractivity contribution in [3.05, 3.63) is 0 Å². The molecule has 16 heavy (non-hydrogen) atoms. The summed E-state index contributed by atoms with van der Waals surface area (Å²) in [6, 6.07) is 2.40. The maximum Gasteiger partial charge on any atom is 0.0209 e. The summed E-state index contributed by atoms with van der Waals surface area (Å²) in [6.45, 7) is 7.25. The van der Waals surface area contributed by atoms with Crippen LogP contribution in [0.1, 0.15) is 58.8 Å². The van der Waals surface area contributed by atoms with Gasteiger partial charge in [-0.25, -0.2) is 0 Å². The van der Waals surface area contributed by atoms with E-state index in [9.17, 15) is 0 Å². The molecule has 1 N–H and O–H groups in total. The Kier molecular flexibility index (Phi) is 4.66. The molecule has 0 amide bonds. The highest BCUT2D eigenvalue weighted by molar-refractivity contribution is 4.88. The van der Waals surface area contributed by atoms with E-state index in [4.69, 9.17) is 0 Å².